The van der Waals surface area contributed by atoms with Gasteiger partial charge in [-0.15, -0.1) is 0 Å². The van der Waals surface area contributed by atoms with E-state index in [9.17, 15) is 4.79 Å². The predicted octanol–water partition coefficient (Wildman–Crippen LogP) is 2.70. The maximum Gasteiger partial charge on any atom is 0.329 e. The van der Waals surface area contributed by atoms with Crippen molar-refractivity contribution in [3.05, 3.63) is 43.1 Å². The number of carbonyl (C=O) groups excluding carboxylic acids is 1. The topological polar surface area (TPSA) is 92.1 Å². The van der Waals surface area contributed by atoms with Crippen LogP contribution in [-0.4, -0.2) is 49.9 Å². The van der Waals surface area contributed by atoms with E-state index in [4.69, 9.17) is 4.98 Å². The van der Waals surface area contributed by atoms with Crippen LogP contribution >= 0.6 is 0 Å². The molecule has 0 unspecified atom stereocenters. The van der Waals surface area contributed by atoms with Gasteiger partial charge in [0, 0.05) is 37.2 Å². The molecule has 9 heteroatoms. The number of carbonyl (C=O) groups is 1. The summed E-state index contributed by atoms with van der Waals surface area (Å²) in [6.45, 7) is 1.74. The van der Waals surface area contributed by atoms with Gasteiger partial charge in [0.05, 0.1) is 35.9 Å². The molecule has 3 aromatic heterocycles. The number of anilines is 3. The van der Waals surface area contributed by atoms with E-state index in [1.54, 1.807) is 23.5 Å². The number of pyridine rings is 1. The van der Waals surface area contributed by atoms with Crippen molar-refractivity contribution in [1.82, 2.24) is 24.7 Å². The van der Waals surface area contributed by atoms with Gasteiger partial charge < -0.3 is 4.90 Å². The number of amides is 2. The zero-order chi connectivity index (χ0) is 19.4. The van der Waals surface area contributed by atoms with Crippen LogP contribution in [-0.2, 0) is 0 Å². The molecule has 1 saturated carbocycles. The van der Waals surface area contributed by atoms with Crippen LogP contribution in [0.25, 0.3) is 11.3 Å². The maximum absolute atomic E-state index is 13.1. The van der Waals surface area contributed by atoms with Gasteiger partial charge in [0.2, 0.25) is 0 Å². The highest BCUT2D eigenvalue weighted by Crippen LogP contribution is 2.41. The molecule has 2 bridgehead atoms. The quantitative estimate of drug-likeness (QED) is 0.742. The van der Waals surface area contributed by atoms with Crippen LogP contribution in [0.3, 0.4) is 0 Å². The third kappa shape index (κ3) is 2.81. The summed E-state index contributed by atoms with van der Waals surface area (Å²) < 4.78 is 2.02. The lowest BCUT2D eigenvalue weighted by Crippen LogP contribution is -2.48. The van der Waals surface area contributed by atoms with Gasteiger partial charge in [0.1, 0.15) is 0 Å². The Morgan fingerprint density at radius 3 is 2.86 bits per heavy atom. The first kappa shape index (κ1) is 16.5. The van der Waals surface area contributed by atoms with Crippen LogP contribution in [0.2, 0.25) is 0 Å². The van der Waals surface area contributed by atoms with E-state index < -0.39 is 0 Å². The average Bonchev–Trinajstić information content (AvgIpc) is 3.33. The summed E-state index contributed by atoms with van der Waals surface area (Å²) in [6.07, 6.45) is 11.9. The zero-order valence-corrected chi connectivity index (χ0v) is 15.8. The van der Waals surface area contributed by atoms with Gasteiger partial charge in [-0.3, -0.25) is 19.9 Å². The highest BCUT2D eigenvalue weighted by Gasteiger charge is 2.40. The summed E-state index contributed by atoms with van der Waals surface area (Å²) in [4.78, 5) is 30.3. The molecule has 3 aromatic rings. The molecule has 1 atom stereocenters. The second kappa shape index (κ2) is 6.26. The fourth-order valence-electron chi connectivity index (χ4n) is 4.17. The highest BCUT2D eigenvalue weighted by molar-refractivity contribution is 6.04. The van der Waals surface area contributed by atoms with Gasteiger partial charge in [-0.05, 0) is 31.4 Å². The molecule has 0 spiro atoms. The Hall–Kier alpha value is -3.49. The number of rotatable bonds is 3. The van der Waals surface area contributed by atoms with Gasteiger partial charge in [0.15, 0.2) is 11.6 Å². The van der Waals surface area contributed by atoms with Gasteiger partial charge in [-0.2, -0.15) is 5.10 Å². The Balaban J connectivity index is 1.37. The second-order valence-electron chi connectivity index (χ2n) is 7.76. The molecule has 0 radical (unpaired) electrons. The van der Waals surface area contributed by atoms with E-state index in [0.29, 0.717) is 17.7 Å². The molecule has 0 aromatic carbocycles. The molecule has 9 nitrogen and oxygen atoms in total. The van der Waals surface area contributed by atoms with E-state index in [0.717, 1.165) is 36.5 Å². The molecular weight excluding hydrogens is 368 g/mol. The summed E-state index contributed by atoms with van der Waals surface area (Å²) in [5, 5.41) is 7.34. The first-order chi connectivity index (χ1) is 14.3. The van der Waals surface area contributed by atoms with Crippen molar-refractivity contribution < 1.29 is 4.79 Å². The highest BCUT2D eigenvalue weighted by atomic mass is 16.2. The van der Waals surface area contributed by atoms with Crippen LogP contribution in [0.5, 0.6) is 0 Å². The van der Waals surface area contributed by atoms with E-state index in [-0.39, 0.29) is 12.1 Å². The monoisotopic (exact) mass is 388 g/mol. The lowest BCUT2D eigenvalue weighted by atomic mass is 10.1. The van der Waals surface area contributed by atoms with E-state index in [2.05, 4.69) is 31.3 Å². The summed E-state index contributed by atoms with van der Waals surface area (Å²) in [5.41, 5.74) is 2.80. The van der Waals surface area contributed by atoms with Crippen molar-refractivity contribution in [2.24, 2.45) is 0 Å². The van der Waals surface area contributed by atoms with E-state index >= 15 is 0 Å². The molecule has 2 fully saturated rings. The van der Waals surface area contributed by atoms with Crippen molar-refractivity contribution >= 4 is 23.4 Å². The molecule has 2 amide bonds. The number of fused-ring (bicyclic) bond motifs is 4. The first-order valence-electron chi connectivity index (χ1n) is 9.93. The number of hydrogen-bond donors (Lipinski definition) is 1. The van der Waals surface area contributed by atoms with Crippen molar-refractivity contribution in [3.8, 4) is 11.3 Å². The van der Waals surface area contributed by atoms with Crippen molar-refractivity contribution in [1.29, 1.82) is 0 Å². The molecule has 2 aliphatic heterocycles. The van der Waals surface area contributed by atoms with Crippen LogP contribution in [0.15, 0.2) is 43.1 Å². The lowest BCUT2D eigenvalue weighted by molar-refractivity contribution is 0.254. The molecule has 29 heavy (non-hydrogen) atoms. The fourth-order valence-corrected chi connectivity index (χ4v) is 4.17. The largest absolute Gasteiger partial charge is 0.366 e. The van der Waals surface area contributed by atoms with Crippen LogP contribution in [0.1, 0.15) is 25.3 Å². The van der Waals surface area contributed by atoms with E-state index in [1.807, 2.05) is 23.1 Å². The second-order valence-corrected chi connectivity index (χ2v) is 7.76. The number of hydrogen-bond acceptors (Lipinski definition) is 6. The van der Waals surface area contributed by atoms with Crippen molar-refractivity contribution in [3.63, 3.8) is 0 Å². The van der Waals surface area contributed by atoms with Crippen LogP contribution in [0, 0.1) is 0 Å². The van der Waals surface area contributed by atoms with Gasteiger partial charge in [-0.1, -0.05) is 0 Å². The lowest BCUT2D eigenvalue weighted by Gasteiger charge is -2.35. The Morgan fingerprint density at radius 1 is 1.10 bits per heavy atom. The SMILES string of the molecule is O=C(Nc1cnccn1)N1c2nc(-c3cnn(C4CC4)c3)ccc2N2CC[C@H]1C2. The third-order valence-electron chi connectivity index (χ3n) is 5.79. The summed E-state index contributed by atoms with van der Waals surface area (Å²) in [5.74, 6) is 1.12. The van der Waals surface area contributed by atoms with Crippen LogP contribution < -0.4 is 15.1 Å². The zero-order valence-electron chi connectivity index (χ0n) is 15.8. The molecule has 5 heterocycles. The van der Waals surface area contributed by atoms with Crippen molar-refractivity contribution in [2.75, 3.05) is 28.2 Å². The van der Waals surface area contributed by atoms with E-state index in [1.165, 1.54) is 12.8 Å². The summed E-state index contributed by atoms with van der Waals surface area (Å²) in [7, 11) is 0. The number of urea groups is 1. The summed E-state index contributed by atoms with van der Waals surface area (Å²) >= 11 is 0. The summed E-state index contributed by atoms with van der Waals surface area (Å²) in [6, 6.07) is 4.48. The smallest absolute Gasteiger partial charge is 0.329 e. The minimum Gasteiger partial charge on any atom is -0.366 e. The Kier molecular flexibility index (Phi) is 3.56. The third-order valence-corrected chi connectivity index (χ3v) is 5.79. The van der Waals surface area contributed by atoms with Crippen molar-refractivity contribution in [2.45, 2.75) is 31.3 Å². The fraction of sp³-hybridized carbons (Fsp3) is 0.350. The number of aromatic nitrogens is 5. The minimum atomic E-state index is -0.225. The Morgan fingerprint density at radius 2 is 2.03 bits per heavy atom. The molecule has 3 aliphatic rings. The minimum absolute atomic E-state index is 0.0936. The molecule has 1 N–H and O–H groups in total. The number of nitrogens with one attached hydrogen (secondary N) is 1. The average molecular weight is 388 g/mol. The number of nitrogens with zero attached hydrogens (tertiary/aromatic N) is 7. The standard InChI is InChI=1S/C20H20N8O/c29-20(25-18-10-21-6-7-22-18)28-15-5-8-26(12-15)17-4-3-16(24-19(17)28)13-9-23-27(11-13)14-1-2-14/h3-4,6-7,9-11,14-15H,1-2,5,8,12H2,(H,22,25,29)/t15-/m0/s1. The molecule has 1 aliphatic carbocycles. The molecule has 146 valence electrons. The van der Waals surface area contributed by atoms with Crippen LogP contribution in [0.4, 0.5) is 22.1 Å². The van der Waals surface area contributed by atoms with Gasteiger partial charge in [0.25, 0.3) is 0 Å². The predicted molar refractivity (Wildman–Crippen MR) is 108 cm³/mol. The first-order valence-corrected chi connectivity index (χ1v) is 9.93. The maximum atomic E-state index is 13.1. The Bertz CT molecular complexity index is 1080. The van der Waals surface area contributed by atoms with Gasteiger partial charge >= 0.3 is 6.03 Å². The Labute approximate surface area is 167 Å². The normalized spacial score (nSPS) is 19.9. The molecular formula is C20H20N8O. The van der Waals surface area contributed by atoms with Gasteiger partial charge in [-0.25, -0.2) is 14.8 Å². The molecule has 6 rings (SSSR count). The molecule has 1 saturated heterocycles.